The maximum Gasteiger partial charge on any atom is 0.319 e. The number of rotatable bonds is 2. The second-order valence-corrected chi connectivity index (χ2v) is 3.77. The van der Waals surface area contributed by atoms with E-state index in [1.807, 2.05) is 19.1 Å². The molecule has 0 spiro atoms. The van der Waals surface area contributed by atoms with E-state index in [-0.39, 0.29) is 0 Å². The number of hydrogen-bond acceptors (Lipinski definition) is 5. The van der Waals surface area contributed by atoms with E-state index >= 15 is 0 Å². The normalized spacial score (nSPS) is 10.1. The van der Waals surface area contributed by atoms with E-state index in [1.165, 1.54) is 0 Å². The fourth-order valence-corrected chi connectivity index (χ4v) is 1.45. The van der Waals surface area contributed by atoms with Crippen molar-refractivity contribution in [3.8, 4) is 10.9 Å². The van der Waals surface area contributed by atoms with Crippen LogP contribution in [0, 0.1) is 6.92 Å². The summed E-state index contributed by atoms with van der Waals surface area (Å²) in [6, 6.07) is 5.53. The highest BCUT2D eigenvalue weighted by molar-refractivity contribution is 7.07. The zero-order valence-corrected chi connectivity index (χ0v) is 8.84. The van der Waals surface area contributed by atoms with E-state index in [9.17, 15) is 0 Å². The zero-order chi connectivity index (χ0) is 9.97. The Kier molecular flexibility index (Phi) is 2.60. The lowest BCUT2D eigenvalue weighted by Crippen LogP contribution is -1.85. The smallest absolute Gasteiger partial charge is 0.319 e. The lowest BCUT2D eigenvalue weighted by molar-refractivity contribution is 0.472. The van der Waals surface area contributed by atoms with Crippen molar-refractivity contribution in [1.82, 2.24) is 14.8 Å². The average Bonchev–Trinajstić information content (AvgIpc) is 2.64. The van der Waals surface area contributed by atoms with Gasteiger partial charge in [-0.15, -0.1) is 0 Å². The van der Waals surface area contributed by atoms with Gasteiger partial charge in [0.05, 0.1) is 5.02 Å². The van der Waals surface area contributed by atoms with Crippen LogP contribution in [0.3, 0.4) is 0 Å². The predicted octanol–water partition coefficient (Wildman–Crippen LogP) is 2.69. The molecule has 2 aromatic rings. The molecule has 0 N–H and O–H groups in total. The first-order valence-corrected chi connectivity index (χ1v) is 5.00. The van der Waals surface area contributed by atoms with Gasteiger partial charge >= 0.3 is 5.19 Å². The van der Waals surface area contributed by atoms with Crippen LogP contribution in [0.25, 0.3) is 0 Å². The highest BCUT2D eigenvalue weighted by Crippen LogP contribution is 2.29. The van der Waals surface area contributed by atoms with Crippen molar-refractivity contribution in [2.75, 3.05) is 0 Å². The molecule has 0 amide bonds. The summed E-state index contributed by atoms with van der Waals surface area (Å²) in [5.74, 6) is 0.574. The summed E-state index contributed by atoms with van der Waals surface area (Å²) >= 11 is 7.00. The first-order valence-electron chi connectivity index (χ1n) is 3.85. The molecule has 14 heavy (non-hydrogen) atoms. The van der Waals surface area contributed by atoms with Gasteiger partial charge in [-0.2, -0.15) is 0 Å². The second kappa shape index (κ2) is 3.89. The van der Waals surface area contributed by atoms with Crippen LogP contribution in [-0.4, -0.2) is 14.8 Å². The number of hydrogen-bond donors (Lipinski definition) is 0. The standard InChI is InChI=1S/C8H6ClN3OS/c1-5-2-3-6(9)7(4-5)13-8-10-11-12-14-8/h2-4H,1H3. The van der Waals surface area contributed by atoms with Crippen LogP contribution in [0.2, 0.25) is 5.02 Å². The van der Waals surface area contributed by atoms with Gasteiger partial charge in [-0.1, -0.05) is 27.3 Å². The molecular formula is C8H6ClN3OS. The Morgan fingerprint density at radius 2 is 2.29 bits per heavy atom. The van der Waals surface area contributed by atoms with Gasteiger partial charge in [0.2, 0.25) is 0 Å². The third kappa shape index (κ3) is 2.00. The van der Waals surface area contributed by atoms with Crippen molar-refractivity contribution in [2.24, 2.45) is 0 Å². The Bertz CT molecular complexity index is 432. The molecule has 1 aromatic heterocycles. The molecule has 0 aliphatic carbocycles. The highest BCUT2D eigenvalue weighted by Gasteiger charge is 2.05. The maximum absolute atomic E-state index is 5.92. The summed E-state index contributed by atoms with van der Waals surface area (Å²) in [5.41, 5.74) is 1.07. The molecule has 72 valence electrons. The quantitative estimate of drug-likeness (QED) is 0.792. The average molecular weight is 228 g/mol. The largest absolute Gasteiger partial charge is 0.427 e. The number of benzene rings is 1. The Labute approximate surface area is 89.6 Å². The van der Waals surface area contributed by atoms with Crippen LogP contribution in [0.5, 0.6) is 10.9 Å². The predicted molar refractivity (Wildman–Crippen MR) is 54.0 cm³/mol. The van der Waals surface area contributed by atoms with E-state index in [1.54, 1.807) is 6.07 Å². The first kappa shape index (κ1) is 9.36. The Morgan fingerprint density at radius 1 is 1.43 bits per heavy atom. The van der Waals surface area contributed by atoms with Crippen molar-refractivity contribution in [2.45, 2.75) is 6.92 Å². The summed E-state index contributed by atoms with van der Waals surface area (Å²) in [7, 11) is 0. The Hall–Kier alpha value is -1.20. The number of halogens is 1. The topological polar surface area (TPSA) is 47.9 Å². The fourth-order valence-electron chi connectivity index (χ4n) is 0.948. The van der Waals surface area contributed by atoms with E-state index in [4.69, 9.17) is 16.3 Å². The van der Waals surface area contributed by atoms with Gasteiger partial charge in [0.25, 0.3) is 0 Å². The van der Waals surface area contributed by atoms with Crippen molar-refractivity contribution in [1.29, 1.82) is 0 Å². The van der Waals surface area contributed by atoms with Crippen molar-refractivity contribution >= 4 is 23.1 Å². The minimum atomic E-state index is 0.387. The SMILES string of the molecule is Cc1ccc(Cl)c(Oc2nnns2)c1. The maximum atomic E-state index is 5.92. The number of aryl methyl sites for hydroxylation is 1. The summed E-state index contributed by atoms with van der Waals surface area (Å²) in [4.78, 5) is 0. The summed E-state index contributed by atoms with van der Waals surface area (Å²) in [6.45, 7) is 1.96. The van der Waals surface area contributed by atoms with Gasteiger partial charge in [-0.25, -0.2) is 0 Å². The lowest BCUT2D eigenvalue weighted by atomic mass is 10.2. The fraction of sp³-hybridized carbons (Fsp3) is 0.125. The number of ether oxygens (including phenoxy) is 1. The zero-order valence-electron chi connectivity index (χ0n) is 7.27. The van der Waals surface area contributed by atoms with Crippen molar-refractivity contribution in [3.63, 3.8) is 0 Å². The molecular weight excluding hydrogens is 222 g/mol. The molecule has 4 nitrogen and oxygen atoms in total. The molecule has 0 saturated heterocycles. The third-order valence-electron chi connectivity index (χ3n) is 1.57. The van der Waals surface area contributed by atoms with Crippen LogP contribution >= 0.6 is 23.1 Å². The Balaban J connectivity index is 2.28. The van der Waals surface area contributed by atoms with Gasteiger partial charge in [0, 0.05) is 11.5 Å². The van der Waals surface area contributed by atoms with Crippen LogP contribution in [-0.2, 0) is 0 Å². The molecule has 2 rings (SSSR count). The van der Waals surface area contributed by atoms with Crippen LogP contribution < -0.4 is 4.74 Å². The molecule has 1 aromatic carbocycles. The third-order valence-corrected chi connectivity index (χ3v) is 2.35. The van der Waals surface area contributed by atoms with Crippen molar-refractivity contribution < 1.29 is 4.74 Å². The molecule has 0 bridgehead atoms. The lowest BCUT2D eigenvalue weighted by Gasteiger charge is -2.03. The van der Waals surface area contributed by atoms with E-state index in [0.29, 0.717) is 16.0 Å². The van der Waals surface area contributed by atoms with Gasteiger partial charge in [0.15, 0.2) is 0 Å². The number of nitrogens with zero attached hydrogens (tertiary/aromatic N) is 3. The van der Waals surface area contributed by atoms with Crippen molar-refractivity contribution in [3.05, 3.63) is 28.8 Å². The number of aromatic nitrogens is 3. The van der Waals surface area contributed by atoms with Gasteiger partial charge in [-0.3, -0.25) is 0 Å². The minimum absolute atomic E-state index is 0.387. The molecule has 0 saturated carbocycles. The molecule has 0 radical (unpaired) electrons. The Morgan fingerprint density at radius 3 is 3.00 bits per heavy atom. The monoisotopic (exact) mass is 227 g/mol. The minimum Gasteiger partial charge on any atom is -0.427 e. The summed E-state index contributed by atoms with van der Waals surface area (Å²) in [6.07, 6.45) is 0. The molecule has 0 aliphatic rings. The molecule has 0 atom stereocenters. The van der Waals surface area contributed by atoms with Crippen LogP contribution in [0.15, 0.2) is 18.2 Å². The molecule has 0 fully saturated rings. The van der Waals surface area contributed by atoms with E-state index in [0.717, 1.165) is 17.1 Å². The van der Waals surface area contributed by atoms with Crippen LogP contribution in [0.4, 0.5) is 0 Å². The first-order chi connectivity index (χ1) is 6.75. The van der Waals surface area contributed by atoms with Crippen LogP contribution in [0.1, 0.15) is 5.56 Å². The summed E-state index contributed by atoms with van der Waals surface area (Å²) in [5, 5.41) is 8.01. The van der Waals surface area contributed by atoms with Gasteiger partial charge in [0.1, 0.15) is 5.75 Å². The van der Waals surface area contributed by atoms with E-state index in [2.05, 4.69) is 14.8 Å². The molecule has 6 heteroatoms. The van der Waals surface area contributed by atoms with Gasteiger partial charge < -0.3 is 4.74 Å². The highest BCUT2D eigenvalue weighted by atomic mass is 35.5. The second-order valence-electron chi connectivity index (χ2n) is 2.66. The van der Waals surface area contributed by atoms with E-state index < -0.39 is 0 Å². The molecule has 0 unspecified atom stereocenters. The molecule has 1 heterocycles. The van der Waals surface area contributed by atoms with Gasteiger partial charge in [-0.05, 0) is 29.8 Å². The summed E-state index contributed by atoms with van der Waals surface area (Å²) < 4.78 is 8.96. The molecule has 0 aliphatic heterocycles.